The number of anilines is 2. The van der Waals surface area contributed by atoms with Crippen molar-refractivity contribution >= 4 is 29.2 Å². The number of hydrogen-bond donors (Lipinski definition) is 2. The highest BCUT2D eigenvalue weighted by atomic mass is 16.5. The highest BCUT2D eigenvalue weighted by molar-refractivity contribution is 6.06. The van der Waals surface area contributed by atoms with Crippen LogP contribution in [0.15, 0.2) is 48.5 Å². The minimum absolute atomic E-state index is 0.0438. The minimum Gasteiger partial charge on any atom is -0.465 e. The molecule has 2 N–H and O–H groups in total. The maximum atomic E-state index is 12.4. The van der Waals surface area contributed by atoms with Crippen LogP contribution < -0.4 is 10.6 Å². The van der Waals surface area contributed by atoms with Gasteiger partial charge in [0.2, 0.25) is 5.91 Å². The molecule has 6 heteroatoms. The molecular formula is C21H24N2O4. The van der Waals surface area contributed by atoms with Crippen molar-refractivity contribution in [3.05, 3.63) is 59.7 Å². The number of benzene rings is 2. The molecule has 2 aromatic carbocycles. The quantitative estimate of drug-likeness (QED) is 0.539. The van der Waals surface area contributed by atoms with Crippen LogP contribution in [0.2, 0.25) is 0 Å². The van der Waals surface area contributed by atoms with Gasteiger partial charge in [-0.25, -0.2) is 4.79 Å². The Bertz CT molecular complexity index is 817. The van der Waals surface area contributed by atoms with Crippen molar-refractivity contribution < 1.29 is 19.1 Å². The normalized spacial score (nSPS) is 10.1. The van der Waals surface area contributed by atoms with E-state index in [1.54, 1.807) is 42.5 Å². The van der Waals surface area contributed by atoms with E-state index in [1.807, 2.05) is 0 Å². The van der Waals surface area contributed by atoms with E-state index in [9.17, 15) is 14.4 Å². The standard InChI is InChI=1S/C21H24N2O4/c1-3-4-5-12-19(24)22-17-10-7-11-18(14-17)23-20(25)15-8-6-9-16(13-15)21(26)27-2/h6-11,13-14H,3-5,12H2,1-2H3,(H,22,24)(H,23,25). The van der Waals surface area contributed by atoms with Gasteiger partial charge in [0.1, 0.15) is 0 Å². The van der Waals surface area contributed by atoms with Crippen LogP contribution in [-0.4, -0.2) is 24.9 Å². The predicted molar refractivity (Wildman–Crippen MR) is 105 cm³/mol. The first-order chi connectivity index (χ1) is 13.0. The van der Waals surface area contributed by atoms with E-state index in [0.717, 1.165) is 19.3 Å². The Morgan fingerprint density at radius 3 is 2.26 bits per heavy atom. The molecular weight excluding hydrogens is 344 g/mol. The van der Waals surface area contributed by atoms with Crippen molar-refractivity contribution in [1.29, 1.82) is 0 Å². The molecule has 0 aliphatic carbocycles. The number of esters is 1. The van der Waals surface area contributed by atoms with E-state index in [4.69, 9.17) is 0 Å². The van der Waals surface area contributed by atoms with E-state index in [1.165, 1.54) is 13.2 Å². The van der Waals surface area contributed by atoms with Crippen LogP contribution in [0.4, 0.5) is 11.4 Å². The fourth-order valence-electron chi connectivity index (χ4n) is 2.54. The molecule has 6 nitrogen and oxygen atoms in total. The van der Waals surface area contributed by atoms with E-state index >= 15 is 0 Å². The molecule has 0 spiro atoms. The number of unbranched alkanes of at least 4 members (excludes halogenated alkanes) is 2. The molecule has 0 aromatic heterocycles. The van der Waals surface area contributed by atoms with E-state index in [2.05, 4.69) is 22.3 Å². The van der Waals surface area contributed by atoms with Gasteiger partial charge in [-0.15, -0.1) is 0 Å². The summed E-state index contributed by atoms with van der Waals surface area (Å²) in [6, 6.07) is 13.2. The fourth-order valence-corrected chi connectivity index (χ4v) is 2.54. The van der Waals surface area contributed by atoms with Crippen LogP contribution in [0.5, 0.6) is 0 Å². The highest BCUT2D eigenvalue weighted by Crippen LogP contribution is 2.17. The van der Waals surface area contributed by atoms with Crippen molar-refractivity contribution in [3.63, 3.8) is 0 Å². The third-order valence-corrected chi connectivity index (χ3v) is 3.96. The molecule has 142 valence electrons. The van der Waals surface area contributed by atoms with Gasteiger partial charge < -0.3 is 15.4 Å². The molecule has 0 fully saturated rings. The smallest absolute Gasteiger partial charge is 0.337 e. The van der Waals surface area contributed by atoms with Gasteiger partial charge in [-0.1, -0.05) is 31.9 Å². The monoisotopic (exact) mass is 368 g/mol. The summed E-state index contributed by atoms with van der Waals surface area (Å²) < 4.78 is 4.67. The maximum Gasteiger partial charge on any atom is 0.337 e. The first kappa shape index (κ1) is 20.2. The third-order valence-electron chi connectivity index (χ3n) is 3.96. The van der Waals surface area contributed by atoms with Gasteiger partial charge in [-0.2, -0.15) is 0 Å². The van der Waals surface area contributed by atoms with Crippen molar-refractivity contribution in [1.82, 2.24) is 0 Å². The van der Waals surface area contributed by atoms with Gasteiger partial charge in [-0.05, 0) is 42.8 Å². The van der Waals surface area contributed by atoms with Gasteiger partial charge in [0.25, 0.3) is 5.91 Å². The number of nitrogens with one attached hydrogen (secondary N) is 2. The molecule has 0 radical (unpaired) electrons. The molecule has 0 bridgehead atoms. The second-order valence-corrected chi connectivity index (χ2v) is 6.11. The maximum absolute atomic E-state index is 12.4. The van der Waals surface area contributed by atoms with E-state index in [-0.39, 0.29) is 11.8 Å². The molecule has 2 amide bonds. The average Bonchev–Trinajstić information content (AvgIpc) is 2.68. The van der Waals surface area contributed by atoms with Crippen LogP contribution in [0.3, 0.4) is 0 Å². The van der Waals surface area contributed by atoms with Crippen molar-refractivity contribution in [3.8, 4) is 0 Å². The lowest BCUT2D eigenvalue weighted by Crippen LogP contribution is -2.14. The SMILES string of the molecule is CCCCCC(=O)Nc1cccc(NC(=O)c2cccc(C(=O)OC)c2)c1. The molecule has 0 atom stereocenters. The lowest BCUT2D eigenvalue weighted by molar-refractivity contribution is -0.116. The fraction of sp³-hybridized carbons (Fsp3) is 0.286. The summed E-state index contributed by atoms with van der Waals surface area (Å²) in [5.41, 5.74) is 1.82. The van der Waals surface area contributed by atoms with Crippen LogP contribution in [-0.2, 0) is 9.53 Å². The molecule has 0 aliphatic rings. The summed E-state index contributed by atoms with van der Waals surface area (Å²) in [7, 11) is 1.29. The summed E-state index contributed by atoms with van der Waals surface area (Å²) in [6.45, 7) is 2.09. The van der Waals surface area contributed by atoms with Crippen LogP contribution in [0.1, 0.15) is 53.3 Å². The minimum atomic E-state index is -0.502. The van der Waals surface area contributed by atoms with E-state index < -0.39 is 5.97 Å². The van der Waals surface area contributed by atoms with Crippen LogP contribution in [0.25, 0.3) is 0 Å². The second-order valence-electron chi connectivity index (χ2n) is 6.11. The van der Waals surface area contributed by atoms with Gasteiger partial charge in [-0.3, -0.25) is 9.59 Å². The zero-order chi connectivity index (χ0) is 19.6. The highest BCUT2D eigenvalue weighted by Gasteiger charge is 2.11. The summed E-state index contributed by atoms with van der Waals surface area (Å²) in [6.07, 6.45) is 3.42. The van der Waals surface area contributed by atoms with Crippen molar-refractivity contribution in [2.24, 2.45) is 0 Å². The summed E-state index contributed by atoms with van der Waals surface area (Å²) in [4.78, 5) is 36.0. The third kappa shape index (κ3) is 6.26. The molecule has 27 heavy (non-hydrogen) atoms. The Labute approximate surface area is 158 Å². The van der Waals surface area contributed by atoms with Gasteiger partial charge in [0.15, 0.2) is 0 Å². The number of carbonyl (C=O) groups excluding carboxylic acids is 3. The number of amides is 2. The Morgan fingerprint density at radius 1 is 0.889 bits per heavy atom. The van der Waals surface area contributed by atoms with Gasteiger partial charge in [0.05, 0.1) is 12.7 Å². The number of methoxy groups -OCH3 is 1. The number of hydrogen-bond acceptors (Lipinski definition) is 4. The first-order valence-corrected chi connectivity index (χ1v) is 8.93. The number of carbonyl (C=O) groups is 3. The molecule has 0 aliphatic heterocycles. The molecule has 0 unspecified atom stereocenters. The lowest BCUT2D eigenvalue weighted by atomic mass is 10.1. The molecule has 0 saturated heterocycles. The molecule has 0 saturated carbocycles. The Hall–Kier alpha value is -3.15. The largest absolute Gasteiger partial charge is 0.465 e. The Kier molecular flexibility index (Phi) is 7.55. The second kappa shape index (κ2) is 10.1. The summed E-state index contributed by atoms with van der Waals surface area (Å²) in [5, 5.41) is 5.60. The predicted octanol–water partition coefficient (Wildman–Crippen LogP) is 4.24. The Balaban J connectivity index is 2.02. The number of ether oxygens (including phenoxy) is 1. The first-order valence-electron chi connectivity index (χ1n) is 8.93. The summed E-state index contributed by atoms with van der Waals surface area (Å²) in [5.74, 6) is -0.901. The lowest BCUT2D eigenvalue weighted by Gasteiger charge is -2.09. The average molecular weight is 368 g/mol. The molecule has 2 aromatic rings. The van der Waals surface area contributed by atoms with E-state index in [0.29, 0.717) is 28.9 Å². The van der Waals surface area contributed by atoms with Crippen molar-refractivity contribution in [2.45, 2.75) is 32.6 Å². The zero-order valence-electron chi connectivity index (χ0n) is 15.6. The van der Waals surface area contributed by atoms with Gasteiger partial charge in [0, 0.05) is 23.4 Å². The zero-order valence-corrected chi connectivity index (χ0v) is 15.6. The number of rotatable bonds is 8. The molecule has 2 rings (SSSR count). The van der Waals surface area contributed by atoms with Crippen LogP contribution >= 0.6 is 0 Å². The van der Waals surface area contributed by atoms with Crippen molar-refractivity contribution in [2.75, 3.05) is 17.7 Å². The topological polar surface area (TPSA) is 84.5 Å². The summed E-state index contributed by atoms with van der Waals surface area (Å²) >= 11 is 0. The van der Waals surface area contributed by atoms with Crippen LogP contribution in [0, 0.1) is 0 Å². The van der Waals surface area contributed by atoms with Gasteiger partial charge >= 0.3 is 5.97 Å². The Morgan fingerprint density at radius 2 is 1.56 bits per heavy atom. The molecule has 0 heterocycles.